The molecule has 0 spiro atoms. The molecule has 0 aliphatic rings. The van der Waals surface area contributed by atoms with Crippen LogP contribution in [0.15, 0.2) is 42.7 Å². The second-order valence-corrected chi connectivity index (χ2v) is 7.44. The fraction of sp³-hybridized carbons (Fsp3) is 0.381. The molecule has 7 nitrogen and oxygen atoms in total. The van der Waals surface area contributed by atoms with Gasteiger partial charge in [-0.2, -0.15) is 5.10 Å². The number of hydrogen-bond acceptors (Lipinski definition) is 5. The largest absolute Gasteiger partial charge is 0.466 e. The molecule has 7 heteroatoms. The van der Waals surface area contributed by atoms with Crippen LogP contribution in [0.2, 0.25) is 0 Å². The molecule has 2 aromatic rings. The zero-order chi connectivity index (χ0) is 20.9. The smallest absolute Gasteiger partial charge is 0.417 e. The first-order chi connectivity index (χ1) is 13.1. The third-order valence-corrected chi connectivity index (χ3v) is 3.78. The number of carbonyl (C=O) groups is 2. The van der Waals surface area contributed by atoms with Crippen molar-refractivity contribution in [1.29, 1.82) is 0 Å². The first-order valence-electron chi connectivity index (χ1n) is 9.10. The van der Waals surface area contributed by atoms with E-state index in [1.54, 1.807) is 24.6 Å². The number of anilines is 1. The van der Waals surface area contributed by atoms with Crippen LogP contribution >= 0.6 is 0 Å². The van der Waals surface area contributed by atoms with E-state index in [9.17, 15) is 9.59 Å². The van der Waals surface area contributed by atoms with E-state index in [4.69, 9.17) is 9.47 Å². The highest BCUT2D eigenvalue weighted by atomic mass is 16.6. The molecule has 0 unspecified atom stereocenters. The molecular weight excluding hydrogens is 358 g/mol. The summed E-state index contributed by atoms with van der Waals surface area (Å²) in [5, 5.41) is 7.35. The molecule has 28 heavy (non-hydrogen) atoms. The number of allylic oxidation sites excluding steroid dienone is 1. The Hall–Kier alpha value is -3.09. The van der Waals surface area contributed by atoms with Crippen molar-refractivity contribution >= 4 is 17.9 Å². The number of nitrogens with zero attached hydrogens (tertiary/aromatic N) is 2. The van der Waals surface area contributed by atoms with Gasteiger partial charge >= 0.3 is 12.1 Å². The molecule has 0 aliphatic heterocycles. The number of aromatic nitrogens is 2. The van der Waals surface area contributed by atoms with Gasteiger partial charge < -0.3 is 9.47 Å². The van der Waals surface area contributed by atoms with Crippen LogP contribution in [0.25, 0.3) is 5.69 Å². The van der Waals surface area contributed by atoms with Gasteiger partial charge in [-0.25, -0.2) is 9.48 Å². The Kier molecular flexibility index (Phi) is 6.62. The molecule has 0 radical (unpaired) electrons. The molecule has 1 aromatic carbocycles. The molecule has 150 valence electrons. The molecule has 1 aromatic heterocycles. The predicted molar refractivity (Wildman–Crippen MR) is 108 cm³/mol. The van der Waals surface area contributed by atoms with E-state index in [-0.39, 0.29) is 23.6 Å². The van der Waals surface area contributed by atoms with Crippen LogP contribution in [-0.4, -0.2) is 28.4 Å². The topological polar surface area (TPSA) is 82.5 Å². The Morgan fingerprint density at radius 3 is 2.57 bits per heavy atom. The molecule has 0 saturated heterocycles. The minimum absolute atomic E-state index is 0.162. The summed E-state index contributed by atoms with van der Waals surface area (Å²) >= 11 is 0. The van der Waals surface area contributed by atoms with Gasteiger partial charge in [0.1, 0.15) is 5.82 Å². The summed E-state index contributed by atoms with van der Waals surface area (Å²) in [7, 11) is 0. The van der Waals surface area contributed by atoms with Crippen LogP contribution in [0, 0.1) is 0 Å². The third kappa shape index (κ3) is 5.70. The van der Waals surface area contributed by atoms with Gasteiger partial charge in [0.05, 0.1) is 30.2 Å². The SMILES string of the molecule is C=C(C)OC(=O)Nc1cc(C(C)(C)C)nn1-c1cccc(CC(=O)OCC)c1. The molecule has 2 rings (SSSR count). The summed E-state index contributed by atoms with van der Waals surface area (Å²) in [5.74, 6) is 0.458. The second-order valence-electron chi connectivity index (χ2n) is 7.44. The highest BCUT2D eigenvalue weighted by Crippen LogP contribution is 2.27. The van der Waals surface area contributed by atoms with Gasteiger partial charge in [0.2, 0.25) is 0 Å². The van der Waals surface area contributed by atoms with Crippen molar-refractivity contribution in [1.82, 2.24) is 9.78 Å². The van der Waals surface area contributed by atoms with Gasteiger partial charge in [-0.1, -0.05) is 39.5 Å². The Bertz CT molecular complexity index is 878. The molecule has 0 saturated carbocycles. The molecule has 0 fully saturated rings. The van der Waals surface area contributed by atoms with Crippen LogP contribution in [0.3, 0.4) is 0 Å². The maximum atomic E-state index is 12.1. The zero-order valence-electron chi connectivity index (χ0n) is 17.0. The fourth-order valence-electron chi connectivity index (χ4n) is 2.50. The lowest BCUT2D eigenvalue weighted by Gasteiger charge is -2.14. The fourth-order valence-corrected chi connectivity index (χ4v) is 2.50. The van der Waals surface area contributed by atoms with Crippen molar-refractivity contribution in [3.63, 3.8) is 0 Å². The molecule has 1 N–H and O–H groups in total. The Balaban J connectivity index is 2.40. The number of rotatable bonds is 6. The average molecular weight is 385 g/mol. The quantitative estimate of drug-likeness (QED) is 0.590. The molecular formula is C21H27N3O4. The number of amides is 1. The number of esters is 1. The normalized spacial score (nSPS) is 11.0. The van der Waals surface area contributed by atoms with E-state index in [2.05, 4.69) is 17.0 Å². The summed E-state index contributed by atoms with van der Waals surface area (Å²) in [5.41, 5.74) is 2.08. The van der Waals surface area contributed by atoms with Crippen molar-refractivity contribution < 1.29 is 19.1 Å². The average Bonchev–Trinajstić information content (AvgIpc) is 2.98. The first-order valence-corrected chi connectivity index (χ1v) is 9.10. The zero-order valence-corrected chi connectivity index (χ0v) is 17.0. The van der Waals surface area contributed by atoms with Crippen LogP contribution in [0.4, 0.5) is 10.6 Å². The summed E-state index contributed by atoms with van der Waals surface area (Å²) in [4.78, 5) is 23.8. The van der Waals surface area contributed by atoms with Crippen LogP contribution in [-0.2, 0) is 26.1 Å². The lowest BCUT2D eigenvalue weighted by Crippen LogP contribution is -2.15. The van der Waals surface area contributed by atoms with E-state index in [0.29, 0.717) is 18.1 Å². The number of ether oxygens (including phenoxy) is 2. The maximum Gasteiger partial charge on any atom is 0.417 e. The van der Waals surface area contributed by atoms with Crippen molar-refractivity contribution in [2.45, 2.75) is 46.5 Å². The summed E-state index contributed by atoms with van der Waals surface area (Å²) in [6.45, 7) is 13.4. The van der Waals surface area contributed by atoms with E-state index < -0.39 is 6.09 Å². The van der Waals surface area contributed by atoms with Gasteiger partial charge in [-0.15, -0.1) is 0 Å². The van der Waals surface area contributed by atoms with Crippen molar-refractivity contribution in [3.8, 4) is 5.69 Å². The summed E-state index contributed by atoms with van der Waals surface area (Å²) in [6.07, 6.45) is -0.480. The van der Waals surface area contributed by atoms with E-state index >= 15 is 0 Å². The van der Waals surface area contributed by atoms with Crippen molar-refractivity contribution in [2.75, 3.05) is 11.9 Å². The van der Waals surface area contributed by atoms with Gasteiger partial charge in [0, 0.05) is 11.5 Å². The lowest BCUT2D eigenvalue weighted by atomic mass is 9.92. The highest BCUT2D eigenvalue weighted by molar-refractivity contribution is 5.84. The van der Waals surface area contributed by atoms with Gasteiger partial charge in [0.25, 0.3) is 0 Å². The minimum atomic E-state index is -0.642. The van der Waals surface area contributed by atoms with Gasteiger partial charge in [-0.3, -0.25) is 10.1 Å². The standard InChI is InChI=1S/C21H27N3O4/c1-7-27-19(25)12-15-9-8-10-16(11-15)24-18(22-20(26)28-14(2)3)13-17(23-24)21(4,5)6/h8-11,13H,2,7,12H2,1,3-6H3,(H,22,26). The molecule has 0 aliphatic carbocycles. The van der Waals surface area contributed by atoms with Gasteiger partial charge in [0.15, 0.2) is 0 Å². The van der Waals surface area contributed by atoms with E-state index in [1.165, 1.54) is 0 Å². The highest BCUT2D eigenvalue weighted by Gasteiger charge is 2.22. The maximum absolute atomic E-state index is 12.1. The molecule has 1 heterocycles. The number of hydrogen-bond donors (Lipinski definition) is 1. The number of carbonyl (C=O) groups excluding carboxylic acids is 2. The van der Waals surface area contributed by atoms with E-state index in [1.807, 2.05) is 45.0 Å². The first kappa shape index (κ1) is 21.2. The van der Waals surface area contributed by atoms with E-state index in [0.717, 1.165) is 11.3 Å². The number of benzene rings is 1. The van der Waals surface area contributed by atoms with Gasteiger partial charge in [-0.05, 0) is 31.5 Å². The third-order valence-electron chi connectivity index (χ3n) is 3.78. The van der Waals surface area contributed by atoms with Crippen LogP contribution in [0.5, 0.6) is 0 Å². The molecule has 1 amide bonds. The van der Waals surface area contributed by atoms with Crippen molar-refractivity contribution in [2.24, 2.45) is 0 Å². The Morgan fingerprint density at radius 1 is 1.25 bits per heavy atom. The lowest BCUT2D eigenvalue weighted by molar-refractivity contribution is -0.142. The number of nitrogens with one attached hydrogen (secondary N) is 1. The summed E-state index contributed by atoms with van der Waals surface area (Å²) < 4.78 is 11.6. The predicted octanol–water partition coefficient (Wildman–Crippen LogP) is 4.36. The Morgan fingerprint density at radius 2 is 1.96 bits per heavy atom. The van der Waals surface area contributed by atoms with Crippen LogP contribution in [0.1, 0.15) is 45.9 Å². The monoisotopic (exact) mass is 385 g/mol. The minimum Gasteiger partial charge on any atom is -0.466 e. The Labute approximate surface area is 165 Å². The summed E-state index contributed by atoms with van der Waals surface area (Å²) in [6, 6.07) is 9.17. The van der Waals surface area contributed by atoms with Crippen molar-refractivity contribution in [3.05, 3.63) is 53.9 Å². The molecule has 0 bridgehead atoms. The molecule has 0 atom stereocenters. The second kappa shape index (κ2) is 8.73. The van der Waals surface area contributed by atoms with Crippen LogP contribution < -0.4 is 5.32 Å².